The molecule has 30 heavy (non-hydrogen) atoms. The van der Waals surface area contributed by atoms with E-state index < -0.39 is 11.7 Å². The molecule has 0 aliphatic rings. The number of amides is 1. The van der Waals surface area contributed by atoms with Crippen LogP contribution in [0.2, 0.25) is 0 Å². The Bertz CT molecular complexity index is 979. The minimum absolute atomic E-state index is 0.288. The lowest BCUT2D eigenvalue weighted by molar-refractivity contribution is 0.102. The third kappa shape index (κ3) is 4.71. The van der Waals surface area contributed by atoms with Crippen LogP contribution in [0.3, 0.4) is 0 Å². The number of nitrogens with one attached hydrogen (secondary N) is 1. The molecule has 0 spiro atoms. The van der Waals surface area contributed by atoms with Gasteiger partial charge in [-0.1, -0.05) is 0 Å². The van der Waals surface area contributed by atoms with Gasteiger partial charge in [0.15, 0.2) is 17.3 Å². The normalized spacial score (nSPS) is 10.5. The van der Waals surface area contributed by atoms with Crippen molar-refractivity contribution in [1.29, 1.82) is 0 Å². The summed E-state index contributed by atoms with van der Waals surface area (Å²) in [6, 6.07) is 9.28. The predicted molar refractivity (Wildman–Crippen MR) is 111 cm³/mol. The van der Waals surface area contributed by atoms with E-state index in [1.807, 2.05) is 20.8 Å². The Morgan fingerprint density at radius 2 is 1.70 bits per heavy atom. The molecule has 0 saturated carbocycles. The summed E-state index contributed by atoms with van der Waals surface area (Å²) in [6.07, 6.45) is 3.20. The predicted octanol–water partition coefficient (Wildman–Crippen LogP) is 4.46. The Balaban J connectivity index is 1.88. The minimum Gasteiger partial charge on any atom is -0.490 e. The van der Waals surface area contributed by atoms with Crippen LogP contribution >= 0.6 is 0 Å². The second kappa shape index (κ2) is 9.78. The lowest BCUT2D eigenvalue weighted by Crippen LogP contribution is -2.14. The van der Waals surface area contributed by atoms with Crippen LogP contribution in [0.1, 0.15) is 31.1 Å². The zero-order valence-electron chi connectivity index (χ0n) is 17.1. The second-order valence-electron chi connectivity index (χ2n) is 6.17. The lowest BCUT2D eigenvalue weighted by atomic mass is 10.1. The highest BCUT2D eigenvalue weighted by Crippen LogP contribution is 2.39. The molecular weight excluding hydrogens is 389 g/mol. The van der Waals surface area contributed by atoms with E-state index in [1.165, 1.54) is 10.7 Å². The third-order valence-electron chi connectivity index (χ3n) is 4.13. The molecule has 0 aliphatic heterocycles. The Morgan fingerprint density at radius 3 is 2.23 bits per heavy atom. The van der Waals surface area contributed by atoms with Gasteiger partial charge < -0.3 is 19.5 Å². The molecule has 7 nitrogen and oxygen atoms in total. The maximum Gasteiger partial charge on any atom is 0.255 e. The Labute approximate surface area is 174 Å². The summed E-state index contributed by atoms with van der Waals surface area (Å²) >= 11 is 0. The van der Waals surface area contributed by atoms with Crippen LogP contribution in [-0.4, -0.2) is 35.5 Å². The van der Waals surface area contributed by atoms with Crippen molar-refractivity contribution in [2.24, 2.45) is 0 Å². The number of carbonyl (C=O) groups is 1. The number of hydrogen-bond donors (Lipinski definition) is 1. The molecule has 0 aliphatic carbocycles. The fourth-order valence-corrected chi connectivity index (χ4v) is 2.90. The molecule has 158 valence electrons. The Morgan fingerprint density at radius 1 is 1.03 bits per heavy atom. The largest absolute Gasteiger partial charge is 0.490 e. The molecule has 1 amide bonds. The molecule has 0 bridgehead atoms. The SMILES string of the molecule is CCOc1cc(C(=O)Nc2ccc(-n3cccn3)c(F)c2)cc(OCC)c1OCC. The molecule has 1 aromatic heterocycles. The summed E-state index contributed by atoms with van der Waals surface area (Å²) in [5.41, 5.74) is 0.913. The van der Waals surface area contributed by atoms with Crippen LogP contribution in [0, 0.1) is 5.82 Å². The van der Waals surface area contributed by atoms with Gasteiger partial charge in [-0.2, -0.15) is 5.10 Å². The maximum absolute atomic E-state index is 14.5. The van der Waals surface area contributed by atoms with E-state index in [-0.39, 0.29) is 5.69 Å². The average Bonchev–Trinajstić information content (AvgIpc) is 3.25. The van der Waals surface area contributed by atoms with Gasteiger partial charge in [0.1, 0.15) is 5.69 Å². The molecule has 3 aromatic rings. The van der Waals surface area contributed by atoms with E-state index in [0.717, 1.165) is 0 Å². The first-order chi connectivity index (χ1) is 14.6. The Kier molecular flexibility index (Phi) is 6.90. The molecule has 0 unspecified atom stereocenters. The highest BCUT2D eigenvalue weighted by molar-refractivity contribution is 6.05. The summed E-state index contributed by atoms with van der Waals surface area (Å²) < 4.78 is 32.8. The number of halogens is 1. The van der Waals surface area contributed by atoms with Crippen molar-refractivity contribution < 1.29 is 23.4 Å². The van der Waals surface area contributed by atoms with E-state index in [9.17, 15) is 9.18 Å². The summed E-state index contributed by atoms with van der Waals surface area (Å²) in [4.78, 5) is 12.8. The van der Waals surface area contributed by atoms with Crippen LogP contribution in [0.25, 0.3) is 5.69 Å². The molecule has 0 atom stereocenters. The standard InChI is InChI=1S/C22H24FN3O4/c1-4-28-19-12-15(13-20(29-5-2)21(19)30-6-3)22(27)25-16-8-9-18(17(23)14-16)26-11-7-10-24-26/h7-14H,4-6H2,1-3H3,(H,25,27). The van der Waals surface area contributed by atoms with Gasteiger partial charge in [-0.05, 0) is 57.2 Å². The van der Waals surface area contributed by atoms with Crippen molar-refractivity contribution in [1.82, 2.24) is 9.78 Å². The smallest absolute Gasteiger partial charge is 0.255 e. The second-order valence-corrected chi connectivity index (χ2v) is 6.17. The minimum atomic E-state index is -0.506. The number of ether oxygens (including phenoxy) is 3. The van der Waals surface area contributed by atoms with E-state index in [4.69, 9.17) is 14.2 Å². The number of carbonyl (C=O) groups excluding carboxylic acids is 1. The van der Waals surface area contributed by atoms with E-state index in [0.29, 0.717) is 48.3 Å². The van der Waals surface area contributed by atoms with E-state index >= 15 is 0 Å². The highest BCUT2D eigenvalue weighted by atomic mass is 19.1. The fourth-order valence-electron chi connectivity index (χ4n) is 2.90. The van der Waals surface area contributed by atoms with Crippen molar-refractivity contribution in [3.05, 3.63) is 60.2 Å². The van der Waals surface area contributed by atoms with Gasteiger partial charge in [0.25, 0.3) is 5.91 Å². The number of aromatic nitrogens is 2. The van der Waals surface area contributed by atoms with Crippen molar-refractivity contribution in [3.8, 4) is 22.9 Å². The Hall–Kier alpha value is -3.55. The van der Waals surface area contributed by atoms with Gasteiger partial charge in [-0.15, -0.1) is 0 Å². The molecule has 0 fully saturated rings. The topological polar surface area (TPSA) is 74.6 Å². The molecule has 0 saturated heterocycles. The van der Waals surface area contributed by atoms with Crippen molar-refractivity contribution in [2.75, 3.05) is 25.1 Å². The molecule has 0 radical (unpaired) electrons. The zero-order chi connectivity index (χ0) is 21.5. The van der Waals surface area contributed by atoms with Crippen LogP contribution in [0.5, 0.6) is 17.2 Å². The van der Waals surface area contributed by atoms with Gasteiger partial charge in [0.05, 0.1) is 19.8 Å². The first kappa shape index (κ1) is 21.2. The highest BCUT2D eigenvalue weighted by Gasteiger charge is 2.19. The number of nitrogens with zero attached hydrogens (tertiary/aromatic N) is 2. The van der Waals surface area contributed by atoms with Crippen LogP contribution in [-0.2, 0) is 0 Å². The zero-order valence-corrected chi connectivity index (χ0v) is 17.1. The number of rotatable bonds is 9. The molecular formula is C22H24FN3O4. The summed E-state index contributed by atoms with van der Waals surface area (Å²) in [6.45, 7) is 6.76. The third-order valence-corrected chi connectivity index (χ3v) is 4.13. The van der Waals surface area contributed by atoms with Crippen molar-refractivity contribution in [2.45, 2.75) is 20.8 Å². The van der Waals surface area contributed by atoms with Crippen molar-refractivity contribution in [3.63, 3.8) is 0 Å². The van der Waals surface area contributed by atoms with Crippen molar-refractivity contribution >= 4 is 11.6 Å². The van der Waals surface area contributed by atoms with Gasteiger partial charge in [-0.3, -0.25) is 4.79 Å². The lowest BCUT2D eigenvalue weighted by Gasteiger charge is -2.17. The van der Waals surface area contributed by atoms with E-state index in [1.54, 1.807) is 42.7 Å². The summed E-state index contributed by atoms with van der Waals surface area (Å²) in [5.74, 6) is 0.345. The van der Waals surface area contributed by atoms with Crippen LogP contribution in [0.15, 0.2) is 48.8 Å². The summed E-state index contributed by atoms with van der Waals surface area (Å²) in [7, 11) is 0. The van der Waals surface area contributed by atoms with Crippen LogP contribution in [0.4, 0.5) is 10.1 Å². The number of benzene rings is 2. The first-order valence-corrected chi connectivity index (χ1v) is 9.74. The van der Waals surface area contributed by atoms with Gasteiger partial charge >= 0.3 is 0 Å². The average molecular weight is 413 g/mol. The fraction of sp³-hybridized carbons (Fsp3) is 0.273. The monoisotopic (exact) mass is 413 g/mol. The molecule has 1 heterocycles. The van der Waals surface area contributed by atoms with Gasteiger partial charge in [0, 0.05) is 23.6 Å². The van der Waals surface area contributed by atoms with Gasteiger partial charge in [-0.25, -0.2) is 9.07 Å². The molecule has 1 N–H and O–H groups in total. The quantitative estimate of drug-likeness (QED) is 0.561. The van der Waals surface area contributed by atoms with Crippen LogP contribution < -0.4 is 19.5 Å². The first-order valence-electron chi connectivity index (χ1n) is 9.74. The van der Waals surface area contributed by atoms with E-state index in [2.05, 4.69) is 10.4 Å². The van der Waals surface area contributed by atoms with Gasteiger partial charge in [0.2, 0.25) is 5.75 Å². The molecule has 3 rings (SSSR count). The summed E-state index contributed by atoms with van der Waals surface area (Å²) in [5, 5.41) is 6.71. The number of hydrogen-bond acceptors (Lipinski definition) is 5. The molecule has 2 aromatic carbocycles. The maximum atomic E-state index is 14.5. The number of anilines is 1. The molecule has 8 heteroatoms.